The van der Waals surface area contributed by atoms with Gasteiger partial charge in [-0.15, -0.1) is 0 Å². The van der Waals surface area contributed by atoms with Crippen LogP contribution in [0.3, 0.4) is 0 Å². The van der Waals surface area contributed by atoms with Crippen LogP contribution >= 0.6 is 0 Å². The SMILES string of the molecule is Cc1cc(C(C)C2CCC2)on1. The molecule has 1 aliphatic carbocycles. The van der Waals surface area contributed by atoms with E-state index in [1.54, 1.807) is 0 Å². The third-order valence-electron chi connectivity index (χ3n) is 2.95. The summed E-state index contributed by atoms with van der Waals surface area (Å²) in [4.78, 5) is 0. The van der Waals surface area contributed by atoms with Crippen molar-refractivity contribution in [2.45, 2.75) is 39.0 Å². The van der Waals surface area contributed by atoms with Crippen LogP contribution in [0.15, 0.2) is 10.6 Å². The van der Waals surface area contributed by atoms with Gasteiger partial charge in [0.1, 0.15) is 5.76 Å². The predicted molar refractivity (Wildman–Crippen MR) is 47.0 cm³/mol. The molecule has 1 unspecified atom stereocenters. The molecule has 1 saturated carbocycles. The lowest BCUT2D eigenvalue weighted by atomic mass is 9.76. The van der Waals surface area contributed by atoms with Gasteiger partial charge in [0.05, 0.1) is 5.69 Å². The Bertz CT molecular complexity index is 263. The van der Waals surface area contributed by atoms with Gasteiger partial charge >= 0.3 is 0 Å². The molecule has 1 fully saturated rings. The average Bonchev–Trinajstić information content (AvgIpc) is 2.31. The fourth-order valence-electron chi connectivity index (χ4n) is 1.77. The molecule has 1 atom stereocenters. The van der Waals surface area contributed by atoms with Crippen molar-refractivity contribution < 1.29 is 4.52 Å². The van der Waals surface area contributed by atoms with Gasteiger partial charge in [0.2, 0.25) is 0 Å². The summed E-state index contributed by atoms with van der Waals surface area (Å²) in [6.45, 7) is 4.21. The molecule has 0 aliphatic heterocycles. The molecule has 66 valence electrons. The van der Waals surface area contributed by atoms with Gasteiger partial charge in [-0.25, -0.2) is 0 Å². The first-order chi connectivity index (χ1) is 5.77. The van der Waals surface area contributed by atoms with Crippen molar-refractivity contribution in [3.63, 3.8) is 0 Å². The Morgan fingerprint density at radius 1 is 1.58 bits per heavy atom. The van der Waals surface area contributed by atoms with E-state index < -0.39 is 0 Å². The van der Waals surface area contributed by atoms with E-state index in [1.165, 1.54) is 19.3 Å². The van der Waals surface area contributed by atoms with Crippen LogP contribution in [0.1, 0.15) is 43.6 Å². The molecule has 2 heteroatoms. The van der Waals surface area contributed by atoms with Gasteiger partial charge in [-0.1, -0.05) is 18.5 Å². The van der Waals surface area contributed by atoms with E-state index in [2.05, 4.69) is 18.1 Å². The van der Waals surface area contributed by atoms with Gasteiger partial charge in [-0.05, 0) is 25.7 Å². The van der Waals surface area contributed by atoms with Crippen molar-refractivity contribution in [2.24, 2.45) is 5.92 Å². The molecule has 0 spiro atoms. The van der Waals surface area contributed by atoms with Crippen LogP contribution < -0.4 is 0 Å². The molecule has 0 aromatic carbocycles. The Balaban J connectivity index is 2.08. The van der Waals surface area contributed by atoms with Gasteiger partial charge < -0.3 is 4.52 Å². The number of hydrogen-bond donors (Lipinski definition) is 0. The zero-order chi connectivity index (χ0) is 8.55. The molecule has 12 heavy (non-hydrogen) atoms. The number of aromatic nitrogens is 1. The summed E-state index contributed by atoms with van der Waals surface area (Å²) in [5.41, 5.74) is 0.996. The highest BCUT2D eigenvalue weighted by Gasteiger charge is 2.27. The topological polar surface area (TPSA) is 26.0 Å². The number of nitrogens with zero attached hydrogens (tertiary/aromatic N) is 1. The summed E-state index contributed by atoms with van der Waals surface area (Å²) >= 11 is 0. The molecule has 1 aliphatic rings. The maximum absolute atomic E-state index is 5.23. The van der Waals surface area contributed by atoms with Crippen molar-refractivity contribution in [1.82, 2.24) is 5.16 Å². The highest BCUT2D eigenvalue weighted by atomic mass is 16.5. The molecule has 1 aromatic rings. The van der Waals surface area contributed by atoms with E-state index >= 15 is 0 Å². The van der Waals surface area contributed by atoms with Crippen molar-refractivity contribution in [3.05, 3.63) is 17.5 Å². The van der Waals surface area contributed by atoms with Gasteiger partial charge in [0.25, 0.3) is 0 Å². The molecule has 2 nitrogen and oxygen atoms in total. The summed E-state index contributed by atoms with van der Waals surface area (Å²) in [5, 5.41) is 3.90. The zero-order valence-corrected chi connectivity index (χ0v) is 7.71. The Morgan fingerprint density at radius 3 is 2.75 bits per heavy atom. The van der Waals surface area contributed by atoms with E-state index in [0.29, 0.717) is 5.92 Å². The van der Waals surface area contributed by atoms with Crippen LogP contribution in [0.25, 0.3) is 0 Å². The molecular formula is C10H15NO. The number of aryl methyl sites for hydroxylation is 1. The van der Waals surface area contributed by atoms with Crippen LogP contribution in [0.2, 0.25) is 0 Å². The third kappa shape index (κ3) is 1.26. The third-order valence-corrected chi connectivity index (χ3v) is 2.95. The Kier molecular flexibility index (Phi) is 1.91. The normalized spacial score (nSPS) is 20.5. The Morgan fingerprint density at radius 2 is 2.33 bits per heavy atom. The fourth-order valence-corrected chi connectivity index (χ4v) is 1.77. The standard InChI is InChI=1S/C10H15NO/c1-7-6-10(12-11-7)8(2)9-4-3-5-9/h6,8-9H,3-5H2,1-2H3. The van der Waals surface area contributed by atoms with Crippen LogP contribution in [-0.2, 0) is 0 Å². The molecule has 0 radical (unpaired) electrons. The highest BCUT2D eigenvalue weighted by molar-refractivity contribution is 5.09. The van der Waals surface area contributed by atoms with Crippen molar-refractivity contribution >= 4 is 0 Å². The quantitative estimate of drug-likeness (QED) is 0.673. The fraction of sp³-hybridized carbons (Fsp3) is 0.700. The summed E-state index contributed by atoms with van der Waals surface area (Å²) in [6.07, 6.45) is 4.12. The molecule has 0 bridgehead atoms. The van der Waals surface area contributed by atoms with Gasteiger partial charge in [-0.2, -0.15) is 0 Å². The lowest BCUT2D eigenvalue weighted by molar-refractivity contribution is 0.235. The van der Waals surface area contributed by atoms with Crippen molar-refractivity contribution in [2.75, 3.05) is 0 Å². The molecule has 0 amide bonds. The lowest BCUT2D eigenvalue weighted by Gasteiger charge is -2.29. The average molecular weight is 165 g/mol. The first-order valence-electron chi connectivity index (χ1n) is 4.70. The maximum atomic E-state index is 5.23. The summed E-state index contributed by atoms with van der Waals surface area (Å²) in [7, 11) is 0. The van der Waals surface area contributed by atoms with Crippen LogP contribution in [0.4, 0.5) is 0 Å². The van der Waals surface area contributed by atoms with Crippen LogP contribution in [-0.4, -0.2) is 5.16 Å². The predicted octanol–water partition coefficient (Wildman–Crippen LogP) is 2.89. The first kappa shape index (κ1) is 7.84. The zero-order valence-electron chi connectivity index (χ0n) is 7.71. The van der Waals surface area contributed by atoms with E-state index in [-0.39, 0.29) is 0 Å². The van der Waals surface area contributed by atoms with E-state index in [1.807, 2.05) is 6.92 Å². The van der Waals surface area contributed by atoms with E-state index in [0.717, 1.165) is 17.4 Å². The van der Waals surface area contributed by atoms with Crippen molar-refractivity contribution in [3.8, 4) is 0 Å². The largest absolute Gasteiger partial charge is 0.361 e. The number of rotatable bonds is 2. The van der Waals surface area contributed by atoms with Gasteiger partial charge in [0, 0.05) is 12.0 Å². The second-order valence-electron chi connectivity index (χ2n) is 3.85. The molecule has 1 heterocycles. The first-order valence-corrected chi connectivity index (χ1v) is 4.70. The monoisotopic (exact) mass is 165 g/mol. The van der Waals surface area contributed by atoms with Crippen LogP contribution in [0.5, 0.6) is 0 Å². The minimum absolute atomic E-state index is 0.569. The molecule has 0 saturated heterocycles. The Labute approximate surface area is 72.9 Å². The Hall–Kier alpha value is -0.790. The van der Waals surface area contributed by atoms with Gasteiger partial charge in [-0.3, -0.25) is 0 Å². The molecule has 0 N–H and O–H groups in total. The van der Waals surface area contributed by atoms with Crippen molar-refractivity contribution in [1.29, 1.82) is 0 Å². The van der Waals surface area contributed by atoms with Gasteiger partial charge in [0.15, 0.2) is 0 Å². The van der Waals surface area contributed by atoms with Crippen LogP contribution in [0, 0.1) is 12.8 Å². The maximum Gasteiger partial charge on any atom is 0.140 e. The summed E-state index contributed by atoms with van der Waals surface area (Å²) in [5.74, 6) is 2.48. The minimum Gasteiger partial charge on any atom is -0.361 e. The summed E-state index contributed by atoms with van der Waals surface area (Å²) in [6, 6.07) is 2.06. The van der Waals surface area contributed by atoms with E-state index in [4.69, 9.17) is 4.52 Å². The van der Waals surface area contributed by atoms with E-state index in [9.17, 15) is 0 Å². The summed E-state index contributed by atoms with van der Waals surface area (Å²) < 4.78 is 5.23. The second kappa shape index (κ2) is 2.92. The molecular weight excluding hydrogens is 150 g/mol. The smallest absolute Gasteiger partial charge is 0.140 e. The molecule has 1 aromatic heterocycles. The highest BCUT2D eigenvalue weighted by Crippen LogP contribution is 2.38. The molecule has 2 rings (SSSR count). The lowest BCUT2D eigenvalue weighted by Crippen LogP contribution is -2.17. The number of hydrogen-bond acceptors (Lipinski definition) is 2. The second-order valence-corrected chi connectivity index (χ2v) is 3.85. The minimum atomic E-state index is 0.569.